The van der Waals surface area contributed by atoms with E-state index in [0.717, 1.165) is 40.3 Å². The number of esters is 1. The van der Waals surface area contributed by atoms with Crippen molar-refractivity contribution in [1.82, 2.24) is 9.88 Å². The van der Waals surface area contributed by atoms with Crippen LogP contribution in [0.2, 0.25) is 0 Å². The number of rotatable bonds is 6. The summed E-state index contributed by atoms with van der Waals surface area (Å²) in [7, 11) is 1.41. The number of nitriles is 1. The van der Waals surface area contributed by atoms with Crippen molar-refractivity contribution in [2.24, 2.45) is 0 Å². The molecule has 2 N–H and O–H groups in total. The first kappa shape index (κ1) is 29.0. The molecule has 3 aromatic carbocycles. The fraction of sp³-hybridized carbons (Fsp3) is 0.314. The van der Waals surface area contributed by atoms with E-state index in [4.69, 9.17) is 19.9 Å². The van der Waals surface area contributed by atoms with Crippen LogP contribution in [0, 0.1) is 11.3 Å². The first-order chi connectivity index (χ1) is 21.4. The van der Waals surface area contributed by atoms with Gasteiger partial charge >= 0.3 is 12.1 Å². The Hall–Kier alpha value is -5.10. The number of hydrogen-bond acceptors (Lipinski definition) is 8. The van der Waals surface area contributed by atoms with E-state index in [1.807, 2.05) is 18.2 Å². The van der Waals surface area contributed by atoms with E-state index >= 15 is 0 Å². The molecule has 1 atom stereocenters. The Morgan fingerprint density at radius 1 is 1.09 bits per heavy atom. The SMILES string of the molecule is CCOC(=O)Cc1ccc(C#N)cc1OC1CC2(CCN(C(=O)OC)CC2)c2ccc(-c3cccc4c(N)nccc34)cc21. The molecule has 1 aliphatic carbocycles. The Labute approximate surface area is 256 Å². The third-order valence-corrected chi connectivity index (χ3v) is 8.95. The second-order valence-electron chi connectivity index (χ2n) is 11.4. The summed E-state index contributed by atoms with van der Waals surface area (Å²) < 4.78 is 17.0. The molecule has 44 heavy (non-hydrogen) atoms. The number of likely N-dealkylation sites (tertiary alicyclic amines) is 1. The Bertz CT molecular complexity index is 1790. The zero-order valence-electron chi connectivity index (χ0n) is 24.8. The Morgan fingerprint density at radius 2 is 1.91 bits per heavy atom. The van der Waals surface area contributed by atoms with Gasteiger partial charge in [-0.3, -0.25) is 4.79 Å². The number of piperidine rings is 1. The maximum Gasteiger partial charge on any atom is 0.409 e. The molecule has 1 spiro atoms. The van der Waals surface area contributed by atoms with E-state index in [1.165, 1.54) is 12.7 Å². The highest BCUT2D eigenvalue weighted by Gasteiger charge is 2.47. The highest BCUT2D eigenvalue weighted by molar-refractivity contribution is 6.01. The average Bonchev–Trinajstić information content (AvgIpc) is 3.33. The van der Waals surface area contributed by atoms with Gasteiger partial charge in [0, 0.05) is 35.7 Å². The summed E-state index contributed by atoms with van der Waals surface area (Å²) in [5.74, 6) is 0.619. The molecule has 1 unspecified atom stereocenters. The number of fused-ring (bicyclic) bond motifs is 3. The van der Waals surface area contributed by atoms with Gasteiger partial charge in [0.1, 0.15) is 17.7 Å². The van der Waals surface area contributed by atoms with Crippen LogP contribution >= 0.6 is 0 Å². The van der Waals surface area contributed by atoms with Crippen LogP contribution < -0.4 is 10.5 Å². The van der Waals surface area contributed by atoms with Crippen molar-refractivity contribution < 1.29 is 23.8 Å². The lowest BCUT2D eigenvalue weighted by Gasteiger charge is -2.39. The van der Waals surface area contributed by atoms with Crippen LogP contribution in [-0.2, 0) is 26.1 Å². The number of pyridine rings is 1. The van der Waals surface area contributed by atoms with Gasteiger partial charge < -0.3 is 24.8 Å². The lowest BCUT2D eigenvalue weighted by Crippen LogP contribution is -2.44. The van der Waals surface area contributed by atoms with Crippen LogP contribution in [0.3, 0.4) is 0 Å². The standard InChI is InChI=1S/C35H34N4O5/c1-3-43-32(40)19-24-8-7-22(21-36)17-30(24)44-31-20-35(12-15-39(16-13-35)34(41)42-2)29-10-9-23(18-28(29)31)25-5-4-6-27-26(25)11-14-38-33(27)37/h4-11,14,17-18,31H,3,12-13,15-16,19-20H2,1-2H3,(H2,37,38). The number of hydrogen-bond donors (Lipinski definition) is 1. The molecule has 1 aromatic heterocycles. The number of nitrogens with zero attached hydrogens (tertiary/aromatic N) is 3. The molecule has 9 nitrogen and oxygen atoms in total. The molecule has 0 radical (unpaired) electrons. The topological polar surface area (TPSA) is 128 Å². The number of methoxy groups -OCH3 is 1. The summed E-state index contributed by atoms with van der Waals surface area (Å²) >= 11 is 0. The summed E-state index contributed by atoms with van der Waals surface area (Å²) in [6, 6.07) is 21.9. The van der Waals surface area contributed by atoms with Gasteiger partial charge in [-0.15, -0.1) is 0 Å². The number of nitrogens with two attached hydrogens (primary N) is 1. The number of amides is 1. The van der Waals surface area contributed by atoms with Gasteiger partial charge in [-0.1, -0.05) is 36.4 Å². The molecule has 9 heteroatoms. The molecule has 0 saturated carbocycles. The first-order valence-corrected chi connectivity index (χ1v) is 14.8. The quantitative estimate of drug-likeness (QED) is 0.268. The molecule has 1 aliphatic heterocycles. The largest absolute Gasteiger partial charge is 0.485 e. The third-order valence-electron chi connectivity index (χ3n) is 8.95. The molecule has 0 bridgehead atoms. The van der Waals surface area contributed by atoms with E-state index in [-0.39, 0.29) is 36.6 Å². The second-order valence-corrected chi connectivity index (χ2v) is 11.4. The number of benzene rings is 3. The van der Waals surface area contributed by atoms with Gasteiger partial charge in [-0.2, -0.15) is 5.26 Å². The molecular weight excluding hydrogens is 556 g/mol. The number of carbonyl (C=O) groups excluding carboxylic acids is 2. The molecule has 6 rings (SSSR count). The maximum absolute atomic E-state index is 12.4. The zero-order valence-corrected chi connectivity index (χ0v) is 24.8. The normalized spacial score (nSPS) is 16.8. The van der Waals surface area contributed by atoms with Crippen molar-refractivity contribution in [3.05, 3.63) is 89.1 Å². The molecular formula is C35H34N4O5. The van der Waals surface area contributed by atoms with Crippen molar-refractivity contribution >= 4 is 28.7 Å². The van der Waals surface area contributed by atoms with E-state index < -0.39 is 0 Å². The Balaban J connectivity index is 1.43. The monoisotopic (exact) mass is 590 g/mol. The molecule has 2 heterocycles. The van der Waals surface area contributed by atoms with Crippen LogP contribution in [0.5, 0.6) is 5.75 Å². The summed E-state index contributed by atoms with van der Waals surface area (Å²) in [6.45, 7) is 3.21. The number of carbonyl (C=O) groups is 2. The predicted octanol–water partition coefficient (Wildman–Crippen LogP) is 6.09. The zero-order chi connectivity index (χ0) is 30.8. The van der Waals surface area contributed by atoms with Gasteiger partial charge in [-0.05, 0) is 78.1 Å². The van der Waals surface area contributed by atoms with Crippen molar-refractivity contribution in [1.29, 1.82) is 5.26 Å². The molecule has 4 aromatic rings. The Morgan fingerprint density at radius 3 is 2.66 bits per heavy atom. The smallest absolute Gasteiger partial charge is 0.409 e. The highest BCUT2D eigenvalue weighted by atomic mass is 16.5. The lowest BCUT2D eigenvalue weighted by molar-refractivity contribution is -0.142. The summed E-state index contributed by atoms with van der Waals surface area (Å²) in [5.41, 5.74) is 11.4. The van der Waals surface area contributed by atoms with E-state index in [0.29, 0.717) is 42.2 Å². The van der Waals surface area contributed by atoms with Gasteiger partial charge in [0.2, 0.25) is 0 Å². The average molecular weight is 591 g/mol. The molecule has 1 saturated heterocycles. The minimum atomic E-state index is -0.354. The molecule has 2 aliphatic rings. The van der Waals surface area contributed by atoms with Gasteiger partial charge in [0.25, 0.3) is 0 Å². The van der Waals surface area contributed by atoms with Crippen LogP contribution in [-0.4, -0.2) is 48.8 Å². The van der Waals surface area contributed by atoms with Gasteiger partial charge in [0.05, 0.1) is 31.8 Å². The maximum atomic E-state index is 12.4. The van der Waals surface area contributed by atoms with Crippen molar-refractivity contribution in [2.45, 2.75) is 44.1 Å². The van der Waals surface area contributed by atoms with Crippen LogP contribution in [0.25, 0.3) is 21.9 Å². The summed E-state index contributed by atoms with van der Waals surface area (Å²) in [4.78, 5) is 30.7. The van der Waals surface area contributed by atoms with Crippen molar-refractivity contribution in [2.75, 3.05) is 32.5 Å². The minimum Gasteiger partial charge on any atom is -0.485 e. The van der Waals surface area contributed by atoms with Crippen LogP contribution in [0.1, 0.15) is 54.5 Å². The Kier molecular flexibility index (Phi) is 7.83. The van der Waals surface area contributed by atoms with Gasteiger partial charge in [-0.25, -0.2) is 9.78 Å². The van der Waals surface area contributed by atoms with Crippen LogP contribution in [0.4, 0.5) is 10.6 Å². The number of anilines is 1. The number of ether oxygens (including phenoxy) is 3. The van der Waals surface area contributed by atoms with E-state index in [2.05, 4.69) is 35.3 Å². The molecule has 1 amide bonds. The van der Waals surface area contributed by atoms with Crippen molar-refractivity contribution in [3.8, 4) is 22.9 Å². The number of nitrogen functional groups attached to an aromatic ring is 1. The van der Waals surface area contributed by atoms with E-state index in [9.17, 15) is 14.9 Å². The van der Waals surface area contributed by atoms with Crippen LogP contribution in [0.15, 0.2) is 66.9 Å². The third kappa shape index (κ3) is 5.28. The predicted molar refractivity (Wildman–Crippen MR) is 166 cm³/mol. The first-order valence-electron chi connectivity index (χ1n) is 14.8. The summed E-state index contributed by atoms with van der Waals surface area (Å²) in [6.07, 6.45) is 3.33. The second kappa shape index (κ2) is 11.9. The van der Waals surface area contributed by atoms with Gasteiger partial charge in [0.15, 0.2) is 0 Å². The van der Waals surface area contributed by atoms with E-state index in [1.54, 1.807) is 36.2 Å². The highest BCUT2D eigenvalue weighted by Crippen LogP contribution is 2.53. The number of aromatic nitrogens is 1. The fourth-order valence-electron chi connectivity index (χ4n) is 6.76. The fourth-order valence-corrected chi connectivity index (χ4v) is 6.76. The molecule has 1 fully saturated rings. The van der Waals surface area contributed by atoms with Crippen molar-refractivity contribution in [3.63, 3.8) is 0 Å². The molecule has 224 valence electrons. The summed E-state index contributed by atoms with van der Waals surface area (Å²) in [5, 5.41) is 11.5. The minimum absolute atomic E-state index is 0.0409. The lowest BCUT2D eigenvalue weighted by atomic mass is 9.73.